The van der Waals surface area contributed by atoms with Crippen molar-refractivity contribution in [3.63, 3.8) is 0 Å². The van der Waals surface area contributed by atoms with E-state index in [1.54, 1.807) is 19.5 Å². The van der Waals surface area contributed by atoms with Gasteiger partial charge in [0, 0.05) is 30.4 Å². The Bertz CT molecular complexity index is 1100. The molecule has 0 bridgehead atoms. The summed E-state index contributed by atoms with van der Waals surface area (Å²) in [6.07, 6.45) is 7.60. The van der Waals surface area contributed by atoms with Gasteiger partial charge in [-0.1, -0.05) is 23.2 Å². The summed E-state index contributed by atoms with van der Waals surface area (Å²) >= 11 is 12.7. The number of methoxy groups -OCH3 is 1. The maximum Gasteiger partial charge on any atom is 0.216 e. The number of hydrogen-bond acceptors (Lipinski definition) is 7. The summed E-state index contributed by atoms with van der Waals surface area (Å²) in [6, 6.07) is 5.68. The molecule has 33 heavy (non-hydrogen) atoms. The smallest absolute Gasteiger partial charge is 0.216 e. The second kappa shape index (κ2) is 10.6. The van der Waals surface area contributed by atoms with Gasteiger partial charge in [0.1, 0.15) is 12.1 Å². The van der Waals surface area contributed by atoms with Gasteiger partial charge in [0.15, 0.2) is 11.5 Å². The number of nitrogens with zero attached hydrogens (tertiary/aromatic N) is 3. The Balaban J connectivity index is 1.82. The highest BCUT2D eigenvalue weighted by atomic mass is 35.5. The lowest BCUT2D eigenvalue weighted by Gasteiger charge is -2.20. The monoisotopic (exact) mass is 490 g/mol. The van der Waals surface area contributed by atoms with Crippen LogP contribution < -0.4 is 19.5 Å². The summed E-state index contributed by atoms with van der Waals surface area (Å²) in [6.45, 7) is 1.25. The number of nitrogens with one attached hydrogen (secondary N) is 1. The van der Waals surface area contributed by atoms with Gasteiger partial charge in [-0.05, 0) is 51.9 Å². The average Bonchev–Trinajstić information content (AvgIpc) is 3.30. The van der Waals surface area contributed by atoms with Crippen LogP contribution in [-0.4, -0.2) is 55.3 Å². The average molecular weight is 491 g/mol. The van der Waals surface area contributed by atoms with Gasteiger partial charge in [0.25, 0.3) is 0 Å². The van der Waals surface area contributed by atoms with Gasteiger partial charge in [0.05, 0.1) is 34.6 Å². The quantitative estimate of drug-likeness (QED) is 0.397. The van der Waals surface area contributed by atoms with Crippen molar-refractivity contribution in [2.75, 3.05) is 39.7 Å². The molecule has 1 N–H and O–H groups in total. The summed E-state index contributed by atoms with van der Waals surface area (Å²) in [5.74, 6) is 1.73. The SMILES string of the molecule is COc1ccc2c(Nc3c(Cl)cncc3Cl)cc(OCCN(C)C)nc2c1OC1CCCC1. The Labute approximate surface area is 204 Å². The molecule has 2 aromatic heterocycles. The lowest BCUT2D eigenvalue weighted by atomic mass is 10.1. The van der Waals surface area contributed by atoms with E-state index in [1.165, 1.54) is 0 Å². The van der Waals surface area contributed by atoms with Crippen LogP contribution in [0.15, 0.2) is 30.6 Å². The highest BCUT2D eigenvalue weighted by molar-refractivity contribution is 6.39. The minimum atomic E-state index is 0.144. The van der Waals surface area contributed by atoms with Crippen LogP contribution in [0.4, 0.5) is 11.4 Å². The standard InChI is InChI=1S/C24H28Cl2N4O3/c1-30(2)10-11-32-21-12-19(28-23-17(25)13-27-14-18(23)26)16-8-9-20(31-3)24(22(16)29-21)33-15-6-4-5-7-15/h8-9,12-15H,4-7,10-11H2,1-3H3,(H,27,28,29). The molecule has 0 amide bonds. The number of halogens is 2. The molecule has 0 saturated heterocycles. The number of anilines is 2. The van der Waals surface area contributed by atoms with E-state index in [0.717, 1.165) is 43.3 Å². The van der Waals surface area contributed by atoms with Gasteiger partial charge < -0.3 is 24.4 Å². The molecular weight excluding hydrogens is 463 g/mol. The number of likely N-dealkylation sites (N-methyl/N-ethyl adjacent to an activating group) is 1. The highest BCUT2D eigenvalue weighted by Crippen LogP contribution is 2.42. The van der Waals surface area contributed by atoms with Gasteiger partial charge in [0.2, 0.25) is 5.88 Å². The second-order valence-corrected chi connectivity index (χ2v) is 9.09. The van der Waals surface area contributed by atoms with E-state index >= 15 is 0 Å². The number of hydrogen-bond donors (Lipinski definition) is 1. The third-order valence-corrected chi connectivity index (χ3v) is 6.16. The summed E-state index contributed by atoms with van der Waals surface area (Å²) < 4.78 is 18.0. The van der Waals surface area contributed by atoms with Crippen LogP contribution in [0.2, 0.25) is 10.0 Å². The molecule has 7 nitrogen and oxygen atoms in total. The lowest BCUT2D eigenvalue weighted by Crippen LogP contribution is -2.19. The fourth-order valence-corrected chi connectivity index (χ4v) is 4.31. The van der Waals surface area contributed by atoms with E-state index in [-0.39, 0.29) is 6.10 Å². The van der Waals surface area contributed by atoms with Crippen LogP contribution in [0, 0.1) is 0 Å². The summed E-state index contributed by atoms with van der Waals surface area (Å²) in [7, 11) is 5.63. The van der Waals surface area contributed by atoms with Crippen molar-refractivity contribution in [2.45, 2.75) is 31.8 Å². The Morgan fingerprint density at radius 3 is 2.52 bits per heavy atom. The van der Waals surface area contributed by atoms with Gasteiger partial charge in [-0.2, -0.15) is 0 Å². The molecular formula is C24H28Cl2N4O3. The van der Waals surface area contributed by atoms with E-state index in [4.69, 9.17) is 42.4 Å². The number of rotatable bonds is 9. The number of fused-ring (bicyclic) bond motifs is 1. The maximum absolute atomic E-state index is 6.42. The Hall–Kier alpha value is -2.48. The first-order valence-electron chi connectivity index (χ1n) is 11.0. The zero-order chi connectivity index (χ0) is 23.4. The Kier molecular flexibility index (Phi) is 7.63. The molecule has 0 aliphatic heterocycles. The summed E-state index contributed by atoms with van der Waals surface area (Å²) in [5, 5.41) is 5.02. The molecule has 176 valence electrons. The van der Waals surface area contributed by atoms with Crippen LogP contribution in [0.3, 0.4) is 0 Å². The summed E-state index contributed by atoms with van der Waals surface area (Å²) in [4.78, 5) is 10.9. The molecule has 0 radical (unpaired) electrons. The molecule has 1 aliphatic rings. The van der Waals surface area contributed by atoms with Crippen LogP contribution in [0.1, 0.15) is 25.7 Å². The molecule has 3 aromatic rings. The molecule has 4 rings (SSSR count). The molecule has 0 unspecified atom stereocenters. The van der Waals surface area contributed by atoms with E-state index in [1.807, 2.05) is 37.2 Å². The minimum absolute atomic E-state index is 0.144. The highest BCUT2D eigenvalue weighted by Gasteiger charge is 2.23. The van der Waals surface area contributed by atoms with Crippen molar-refractivity contribution in [1.82, 2.24) is 14.9 Å². The van der Waals surface area contributed by atoms with Crippen LogP contribution in [0.5, 0.6) is 17.4 Å². The summed E-state index contributed by atoms with van der Waals surface area (Å²) in [5.41, 5.74) is 1.97. The third-order valence-electron chi connectivity index (χ3n) is 5.58. The minimum Gasteiger partial charge on any atom is -0.493 e. The molecule has 2 heterocycles. The molecule has 0 spiro atoms. The fourth-order valence-electron chi connectivity index (χ4n) is 3.85. The van der Waals surface area contributed by atoms with Crippen LogP contribution in [0.25, 0.3) is 10.9 Å². The molecule has 1 saturated carbocycles. The molecule has 1 aromatic carbocycles. The van der Waals surface area contributed by atoms with Crippen molar-refractivity contribution < 1.29 is 14.2 Å². The number of benzene rings is 1. The van der Waals surface area contributed by atoms with Crippen molar-refractivity contribution in [1.29, 1.82) is 0 Å². The van der Waals surface area contributed by atoms with E-state index in [9.17, 15) is 0 Å². The number of pyridine rings is 2. The normalized spacial score (nSPS) is 14.1. The largest absolute Gasteiger partial charge is 0.493 e. The molecule has 9 heteroatoms. The maximum atomic E-state index is 6.42. The second-order valence-electron chi connectivity index (χ2n) is 8.28. The van der Waals surface area contributed by atoms with E-state index < -0.39 is 0 Å². The van der Waals surface area contributed by atoms with Crippen molar-refractivity contribution in [2.24, 2.45) is 0 Å². The Morgan fingerprint density at radius 1 is 1.12 bits per heavy atom. The first-order chi connectivity index (χ1) is 16.0. The van der Waals surface area contributed by atoms with Crippen molar-refractivity contribution in [3.8, 4) is 17.4 Å². The molecule has 0 atom stereocenters. The van der Waals surface area contributed by atoms with Crippen molar-refractivity contribution >= 4 is 45.5 Å². The van der Waals surface area contributed by atoms with Crippen molar-refractivity contribution in [3.05, 3.63) is 40.6 Å². The van der Waals surface area contributed by atoms with Gasteiger partial charge in [-0.15, -0.1) is 0 Å². The predicted octanol–water partition coefficient (Wildman–Crippen LogP) is 5.95. The van der Waals surface area contributed by atoms with Gasteiger partial charge in [-0.25, -0.2) is 4.98 Å². The fraction of sp³-hybridized carbons (Fsp3) is 0.417. The van der Waals surface area contributed by atoms with Crippen LogP contribution in [-0.2, 0) is 0 Å². The topological polar surface area (TPSA) is 68.7 Å². The molecule has 1 fully saturated rings. The third kappa shape index (κ3) is 5.54. The zero-order valence-electron chi connectivity index (χ0n) is 19.0. The first kappa shape index (κ1) is 23.7. The van der Waals surface area contributed by atoms with E-state index in [0.29, 0.717) is 45.2 Å². The van der Waals surface area contributed by atoms with E-state index in [2.05, 4.69) is 10.3 Å². The first-order valence-corrected chi connectivity index (χ1v) is 11.7. The number of ether oxygens (including phenoxy) is 3. The predicted molar refractivity (Wildman–Crippen MR) is 133 cm³/mol. The van der Waals surface area contributed by atoms with Crippen LogP contribution >= 0.6 is 23.2 Å². The van der Waals surface area contributed by atoms with Gasteiger partial charge in [-0.3, -0.25) is 4.98 Å². The number of aromatic nitrogens is 2. The lowest BCUT2D eigenvalue weighted by molar-refractivity contribution is 0.203. The molecule has 1 aliphatic carbocycles. The zero-order valence-corrected chi connectivity index (χ0v) is 20.5. The Morgan fingerprint density at radius 2 is 1.85 bits per heavy atom. The van der Waals surface area contributed by atoms with Gasteiger partial charge >= 0.3 is 0 Å².